The number of anilines is 1. The Morgan fingerprint density at radius 1 is 1.24 bits per heavy atom. The fraction of sp³-hybridized carbons (Fsp3) is 0.450. The van der Waals surface area contributed by atoms with Crippen molar-refractivity contribution in [2.24, 2.45) is 0 Å². The number of nitrogens with zero attached hydrogens (tertiary/aromatic N) is 3. The monoisotopic (exact) mass is 338 g/mol. The summed E-state index contributed by atoms with van der Waals surface area (Å²) in [5.74, 6) is 1.04. The van der Waals surface area contributed by atoms with E-state index in [0.717, 1.165) is 49.4 Å². The van der Waals surface area contributed by atoms with Crippen LogP contribution in [0, 0.1) is 6.92 Å². The van der Waals surface area contributed by atoms with Crippen molar-refractivity contribution in [3.05, 3.63) is 54.0 Å². The van der Waals surface area contributed by atoms with Crippen molar-refractivity contribution in [1.82, 2.24) is 14.9 Å². The highest BCUT2D eigenvalue weighted by atomic mass is 16.2. The van der Waals surface area contributed by atoms with E-state index in [-0.39, 0.29) is 11.8 Å². The Morgan fingerprint density at radius 2 is 1.96 bits per heavy atom. The Hall–Kier alpha value is -2.43. The average Bonchev–Trinajstić information content (AvgIpc) is 2.64. The molecule has 1 saturated heterocycles. The van der Waals surface area contributed by atoms with Gasteiger partial charge in [-0.1, -0.05) is 37.3 Å². The largest absolute Gasteiger partial charge is 0.366 e. The van der Waals surface area contributed by atoms with Crippen LogP contribution in [0.5, 0.6) is 0 Å². The Bertz CT molecular complexity index is 696. The molecule has 1 atom stereocenters. The van der Waals surface area contributed by atoms with Crippen molar-refractivity contribution in [2.75, 3.05) is 18.4 Å². The third kappa shape index (κ3) is 4.35. The maximum Gasteiger partial charge on any atom is 0.230 e. The van der Waals surface area contributed by atoms with Gasteiger partial charge >= 0.3 is 0 Å². The third-order valence-corrected chi connectivity index (χ3v) is 4.82. The van der Waals surface area contributed by atoms with Gasteiger partial charge in [-0.25, -0.2) is 4.98 Å². The summed E-state index contributed by atoms with van der Waals surface area (Å²) in [6.45, 7) is 5.60. The first-order valence-corrected chi connectivity index (χ1v) is 9.06. The Kier molecular flexibility index (Phi) is 5.64. The summed E-state index contributed by atoms with van der Waals surface area (Å²) in [5, 5.41) is 3.44. The summed E-state index contributed by atoms with van der Waals surface area (Å²) in [6.07, 6.45) is 6.22. The topological polar surface area (TPSA) is 58.1 Å². The van der Waals surface area contributed by atoms with E-state index in [0.29, 0.717) is 6.04 Å². The predicted molar refractivity (Wildman–Crippen MR) is 99.5 cm³/mol. The van der Waals surface area contributed by atoms with E-state index >= 15 is 0 Å². The first-order chi connectivity index (χ1) is 12.2. The van der Waals surface area contributed by atoms with Crippen molar-refractivity contribution in [2.45, 2.75) is 45.1 Å². The summed E-state index contributed by atoms with van der Waals surface area (Å²) in [6, 6.07) is 10.4. The number of likely N-dealkylation sites (tertiary alicyclic amines) is 1. The van der Waals surface area contributed by atoms with Crippen molar-refractivity contribution in [3.63, 3.8) is 0 Å². The van der Waals surface area contributed by atoms with Gasteiger partial charge in [0.25, 0.3) is 0 Å². The number of carbonyl (C=O) groups is 1. The second-order valence-electron chi connectivity index (χ2n) is 6.66. The number of carbonyl (C=O) groups excluding carboxylic acids is 1. The molecule has 0 bridgehead atoms. The molecular formula is C20H26N4O. The standard InChI is InChI=1S/C20H26N4O/c1-3-18(16-7-5-4-6-8-16)20(25)24-11-9-17(10-12-24)23-19-14-21-13-15(2)22-19/h4-8,13-14,17-18H,3,9-12H2,1-2H3,(H,22,23). The van der Waals surface area contributed by atoms with Crippen LogP contribution >= 0.6 is 0 Å². The van der Waals surface area contributed by atoms with Crippen LogP contribution in [0.25, 0.3) is 0 Å². The third-order valence-electron chi connectivity index (χ3n) is 4.82. The molecule has 0 spiro atoms. The quantitative estimate of drug-likeness (QED) is 0.908. The molecule has 1 N–H and O–H groups in total. The van der Waals surface area contributed by atoms with Crippen molar-refractivity contribution in [1.29, 1.82) is 0 Å². The molecule has 1 aromatic heterocycles. The molecule has 1 amide bonds. The van der Waals surface area contributed by atoms with Gasteiger partial charge in [-0.2, -0.15) is 0 Å². The number of piperidine rings is 1. The summed E-state index contributed by atoms with van der Waals surface area (Å²) >= 11 is 0. The number of aromatic nitrogens is 2. The normalized spacial score (nSPS) is 16.5. The molecule has 1 unspecified atom stereocenters. The number of nitrogens with one attached hydrogen (secondary N) is 1. The van der Waals surface area contributed by atoms with Gasteiger partial charge in [0, 0.05) is 25.3 Å². The molecule has 25 heavy (non-hydrogen) atoms. The van der Waals surface area contributed by atoms with Gasteiger partial charge < -0.3 is 10.2 Å². The van der Waals surface area contributed by atoms with Gasteiger partial charge in [-0.15, -0.1) is 0 Å². The van der Waals surface area contributed by atoms with Crippen LogP contribution in [-0.2, 0) is 4.79 Å². The van der Waals surface area contributed by atoms with Crippen LogP contribution in [0.3, 0.4) is 0 Å². The molecule has 2 heterocycles. The molecule has 1 aromatic carbocycles. The summed E-state index contributed by atoms with van der Waals surface area (Å²) in [4.78, 5) is 23.6. The van der Waals surface area contributed by atoms with Crippen molar-refractivity contribution in [3.8, 4) is 0 Å². The van der Waals surface area contributed by atoms with Crippen molar-refractivity contribution < 1.29 is 4.79 Å². The van der Waals surface area contributed by atoms with E-state index in [1.165, 1.54) is 0 Å². The molecule has 1 aliphatic heterocycles. The molecule has 5 nitrogen and oxygen atoms in total. The SMILES string of the molecule is CCC(C(=O)N1CCC(Nc2cncc(C)n2)CC1)c1ccccc1. The molecule has 0 saturated carbocycles. The fourth-order valence-corrected chi connectivity index (χ4v) is 3.44. The smallest absolute Gasteiger partial charge is 0.230 e. The van der Waals surface area contributed by atoms with Gasteiger partial charge in [0.1, 0.15) is 5.82 Å². The Morgan fingerprint density at radius 3 is 2.60 bits per heavy atom. The van der Waals surface area contributed by atoms with E-state index in [2.05, 4.69) is 34.3 Å². The Balaban J connectivity index is 1.57. The predicted octanol–water partition coefficient (Wildman–Crippen LogP) is 3.38. The highest BCUT2D eigenvalue weighted by Gasteiger charge is 2.28. The lowest BCUT2D eigenvalue weighted by Gasteiger charge is -2.34. The minimum atomic E-state index is -0.0339. The number of benzene rings is 1. The zero-order valence-electron chi connectivity index (χ0n) is 15.0. The van der Waals surface area contributed by atoms with E-state index < -0.39 is 0 Å². The summed E-state index contributed by atoms with van der Waals surface area (Å²) < 4.78 is 0. The van der Waals surface area contributed by atoms with Crippen LogP contribution in [0.4, 0.5) is 5.82 Å². The maximum atomic E-state index is 12.9. The van der Waals surface area contributed by atoms with Crippen LogP contribution in [0.1, 0.15) is 43.4 Å². The zero-order valence-corrected chi connectivity index (χ0v) is 15.0. The molecule has 2 aromatic rings. The molecule has 5 heteroatoms. The number of aryl methyl sites for hydroxylation is 1. The van der Waals surface area contributed by atoms with Crippen molar-refractivity contribution >= 4 is 11.7 Å². The molecule has 3 rings (SSSR count). The van der Waals surface area contributed by atoms with Crippen LogP contribution in [0.2, 0.25) is 0 Å². The highest BCUT2D eigenvalue weighted by Crippen LogP contribution is 2.24. The van der Waals surface area contributed by atoms with Gasteiger partial charge in [-0.3, -0.25) is 9.78 Å². The van der Waals surface area contributed by atoms with Crippen LogP contribution in [-0.4, -0.2) is 39.9 Å². The maximum absolute atomic E-state index is 12.9. The molecule has 0 aliphatic carbocycles. The van der Waals surface area contributed by atoms with E-state index in [4.69, 9.17) is 0 Å². The van der Waals surface area contributed by atoms with E-state index in [1.807, 2.05) is 30.0 Å². The Labute approximate surface area is 149 Å². The number of hydrogen-bond donors (Lipinski definition) is 1. The van der Waals surface area contributed by atoms with Gasteiger partial charge in [0.15, 0.2) is 0 Å². The minimum absolute atomic E-state index is 0.0339. The first-order valence-electron chi connectivity index (χ1n) is 9.06. The van der Waals surface area contributed by atoms with Gasteiger partial charge in [0.05, 0.1) is 17.8 Å². The zero-order chi connectivity index (χ0) is 17.6. The average molecular weight is 338 g/mol. The first kappa shape index (κ1) is 17.4. The molecule has 132 valence electrons. The molecule has 0 radical (unpaired) electrons. The highest BCUT2D eigenvalue weighted by molar-refractivity contribution is 5.83. The molecule has 1 aliphatic rings. The lowest BCUT2D eigenvalue weighted by molar-refractivity contribution is -0.133. The van der Waals surface area contributed by atoms with Crippen LogP contribution in [0.15, 0.2) is 42.7 Å². The molecule has 1 fully saturated rings. The minimum Gasteiger partial charge on any atom is -0.366 e. The fourth-order valence-electron chi connectivity index (χ4n) is 3.44. The lowest BCUT2D eigenvalue weighted by Crippen LogP contribution is -2.44. The number of amides is 1. The number of hydrogen-bond acceptors (Lipinski definition) is 4. The molecular weight excluding hydrogens is 312 g/mol. The summed E-state index contributed by atoms with van der Waals surface area (Å²) in [5.41, 5.74) is 2.02. The second-order valence-corrected chi connectivity index (χ2v) is 6.66. The lowest BCUT2D eigenvalue weighted by atomic mass is 9.93. The van der Waals surface area contributed by atoms with Gasteiger partial charge in [0.2, 0.25) is 5.91 Å². The second kappa shape index (κ2) is 8.10. The number of rotatable bonds is 5. The van der Waals surface area contributed by atoms with Crippen LogP contribution < -0.4 is 5.32 Å². The summed E-state index contributed by atoms with van der Waals surface area (Å²) in [7, 11) is 0. The van der Waals surface area contributed by atoms with Gasteiger partial charge in [-0.05, 0) is 31.7 Å². The van der Waals surface area contributed by atoms with E-state index in [9.17, 15) is 4.79 Å². The van der Waals surface area contributed by atoms with E-state index in [1.54, 1.807) is 12.4 Å².